The number of hydrogen-bond acceptors (Lipinski definition) is 4. The number of anilines is 1. The first kappa shape index (κ1) is 16.1. The van der Waals surface area contributed by atoms with E-state index < -0.39 is 0 Å². The van der Waals surface area contributed by atoms with Gasteiger partial charge in [-0.2, -0.15) is 0 Å². The molecule has 0 saturated heterocycles. The molecule has 1 aliphatic rings. The van der Waals surface area contributed by atoms with Crippen LogP contribution in [0.3, 0.4) is 0 Å². The molecule has 0 fully saturated rings. The lowest BCUT2D eigenvalue weighted by Gasteiger charge is -2.18. The van der Waals surface area contributed by atoms with Crippen molar-refractivity contribution < 1.29 is 19.1 Å². The average molecular weight is 325 g/mol. The summed E-state index contributed by atoms with van der Waals surface area (Å²) in [5, 5.41) is 2.80. The van der Waals surface area contributed by atoms with E-state index in [9.17, 15) is 9.59 Å². The predicted molar refractivity (Wildman–Crippen MR) is 90.8 cm³/mol. The largest absolute Gasteiger partial charge is 0.486 e. The first-order valence-electron chi connectivity index (χ1n) is 7.91. The van der Waals surface area contributed by atoms with E-state index >= 15 is 0 Å². The second kappa shape index (κ2) is 7.17. The number of aryl methyl sites for hydroxylation is 1. The molecule has 3 rings (SSSR count). The van der Waals surface area contributed by atoms with Gasteiger partial charge in [0.15, 0.2) is 17.3 Å². The van der Waals surface area contributed by atoms with Crippen LogP contribution in [0.15, 0.2) is 42.5 Å². The van der Waals surface area contributed by atoms with Gasteiger partial charge in [-0.25, -0.2) is 0 Å². The molecule has 2 aromatic carbocycles. The number of nitrogens with one attached hydrogen (secondary N) is 1. The molecule has 1 heterocycles. The maximum atomic E-state index is 12.3. The van der Waals surface area contributed by atoms with Crippen LogP contribution in [0.25, 0.3) is 0 Å². The summed E-state index contributed by atoms with van der Waals surface area (Å²) in [5.74, 6) is 0.962. The van der Waals surface area contributed by atoms with Crippen molar-refractivity contribution in [3.8, 4) is 11.5 Å². The van der Waals surface area contributed by atoms with Crippen molar-refractivity contribution in [1.29, 1.82) is 0 Å². The normalized spacial score (nSPS) is 12.5. The minimum absolute atomic E-state index is 0.0913. The Morgan fingerprint density at radius 3 is 2.58 bits per heavy atom. The molecule has 0 spiro atoms. The predicted octanol–water partition coefficient (Wildman–Crippen LogP) is 3.37. The molecule has 2 aromatic rings. The van der Waals surface area contributed by atoms with E-state index in [-0.39, 0.29) is 24.5 Å². The van der Waals surface area contributed by atoms with Crippen LogP contribution < -0.4 is 14.8 Å². The van der Waals surface area contributed by atoms with Gasteiger partial charge in [-0.15, -0.1) is 0 Å². The summed E-state index contributed by atoms with van der Waals surface area (Å²) >= 11 is 0. The summed E-state index contributed by atoms with van der Waals surface area (Å²) in [6, 6.07) is 12.7. The van der Waals surface area contributed by atoms with Gasteiger partial charge in [0.05, 0.1) is 0 Å². The van der Waals surface area contributed by atoms with Gasteiger partial charge in [0.25, 0.3) is 0 Å². The van der Waals surface area contributed by atoms with E-state index in [4.69, 9.17) is 9.47 Å². The molecule has 5 nitrogen and oxygen atoms in total. The highest BCUT2D eigenvalue weighted by Crippen LogP contribution is 2.31. The van der Waals surface area contributed by atoms with Crippen molar-refractivity contribution in [2.24, 2.45) is 0 Å². The maximum Gasteiger partial charge on any atom is 0.224 e. The van der Waals surface area contributed by atoms with Crippen LogP contribution >= 0.6 is 0 Å². The number of fused-ring (bicyclic) bond motifs is 1. The molecule has 124 valence electrons. The Morgan fingerprint density at radius 2 is 1.79 bits per heavy atom. The number of rotatable bonds is 5. The Hall–Kier alpha value is -2.82. The smallest absolute Gasteiger partial charge is 0.224 e. The molecular weight excluding hydrogens is 306 g/mol. The van der Waals surface area contributed by atoms with Crippen molar-refractivity contribution in [2.45, 2.75) is 19.8 Å². The van der Waals surface area contributed by atoms with Crippen LogP contribution in [0.2, 0.25) is 0 Å². The van der Waals surface area contributed by atoms with E-state index in [0.29, 0.717) is 30.3 Å². The molecule has 0 aromatic heterocycles. The van der Waals surface area contributed by atoms with E-state index in [0.717, 1.165) is 11.3 Å². The number of carbonyl (C=O) groups excluding carboxylic acids is 2. The van der Waals surface area contributed by atoms with Crippen LogP contribution in [0.5, 0.6) is 11.5 Å². The van der Waals surface area contributed by atoms with Gasteiger partial charge < -0.3 is 14.8 Å². The lowest BCUT2D eigenvalue weighted by atomic mass is 10.1. The third kappa shape index (κ3) is 3.93. The fourth-order valence-electron chi connectivity index (χ4n) is 2.53. The molecule has 0 bridgehead atoms. The molecule has 0 radical (unpaired) electrons. The molecule has 0 saturated carbocycles. The van der Waals surface area contributed by atoms with E-state index in [1.807, 2.05) is 31.2 Å². The van der Waals surface area contributed by atoms with Crippen molar-refractivity contribution >= 4 is 17.4 Å². The van der Waals surface area contributed by atoms with Gasteiger partial charge in [0.1, 0.15) is 13.2 Å². The number of carbonyl (C=O) groups is 2. The Morgan fingerprint density at radius 1 is 1.00 bits per heavy atom. The van der Waals surface area contributed by atoms with Crippen LogP contribution in [-0.4, -0.2) is 24.9 Å². The Labute approximate surface area is 140 Å². The van der Waals surface area contributed by atoms with E-state index in [1.54, 1.807) is 18.2 Å². The van der Waals surface area contributed by atoms with Crippen LogP contribution in [-0.2, 0) is 4.79 Å². The molecule has 24 heavy (non-hydrogen) atoms. The lowest BCUT2D eigenvalue weighted by Crippen LogP contribution is -2.16. The second-order valence-corrected chi connectivity index (χ2v) is 5.70. The van der Waals surface area contributed by atoms with E-state index in [1.165, 1.54) is 0 Å². The Kier molecular flexibility index (Phi) is 4.79. The van der Waals surface area contributed by atoms with Gasteiger partial charge in [0, 0.05) is 24.1 Å². The van der Waals surface area contributed by atoms with Gasteiger partial charge in [-0.3, -0.25) is 9.59 Å². The van der Waals surface area contributed by atoms with Crippen molar-refractivity contribution in [2.75, 3.05) is 18.5 Å². The number of Topliss-reactive ketones (excluding diaryl/α,β-unsaturated/α-hetero) is 1. The first-order chi connectivity index (χ1) is 11.6. The highest BCUT2D eigenvalue weighted by molar-refractivity contribution is 6.00. The summed E-state index contributed by atoms with van der Waals surface area (Å²) in [6.07, 6.45) is 0.290. The van der Waals surface area contributed by atoms with Gasteiger partial charge in [-0.05, 0) is 42.8 Å². The zero-order valence-corrected chi connectivity index (χ0v) is 13.5. The highest BCUT2D eigenvalue weighted by atomic mass is 16.6. The zero-order chi connectivity index (χ0) is 16.9. The van der Waals surface area contributed by atoms with Gasteiger partial charge in [0.2, 0.25) is 5.91 Å². The maximum absolute atomic E-state index is 12.3. The molecule has 0 aliphatic carbocycles. The third-order valence-corrected chi connectivity index (χ3v) is 3.75. The SMILES string of the molecule is Cc1cccc(NC(=O)CCC(=O)c2ccc3c(c2)OCCO3)c1. The van der Waals surface area contributed by atoms with Crippen LogP contribution in [0.4, 0.5) is 5.69 Å². The van der Waals surface area contributed by atoms with Crippen LogP contribution in [0, 0.1) is 6.92 Å². The number of benzene rings is 2. The monoisotopic (exact) mass is 325 g/mol. The fraction of sp³-hybridized carbons (Fsp3) is 0.263. The van der Waals surface area contributed by atoms with Crippen molar-refractivity contribution in [3.05, 3.63) is 53.6 Å². The molecule has 0 atom stereocenters. The number of hydrogen-bond donors (Lipinski definition) is 1. The summed E-state index contributed by atoms with van der Waals surface area (Å²) in [5.41, 5.74) is 2.34. The molecule has 1 amide bonds. The lowest BCUT2D eigenvalue weighted by molar-refractivity contribution is -0.116. The molecular formula is C19H19NO4. The molecule has 1 aliphatic heterocycles. The minimum Gasteiger partial charge on any atom is -0.486 e. The van der Waals surface area contributed by atoms with Gasteiger partial charge in [-0.1, -0.05) is 12.1 Å². The van der Waals surface area contributed by atoms with Crippen LogP contribution in [0.1, 0.15) is 28.8 Å². The standard InChI is InChI=1S/C19H19NO4/c1-13-3-2-4-15(11-13)20-19(22)8-6-16(21)14-5-7-17-18(12-14)24-10-9-23-17/h2-5,7,11-12H,6,8-10H2,1H3,(H,20,22). The molecule has 5 heteroatoms. The quantitative estimate of drug-likeness (QED) is 0.856. The average Bonchev–Trinajstić information content (AvgIpc) is 2.59. The summed E-state index contributed by atoms with van der Waals surface area (Å²) in [7, 11) is 0. The van der Waals surface area contributed by atoms with E-state index in [2.05, 4.69) is 5.32 Å². The Balaban J connectivity index is 1.56. The number of ether oxygens (including phenoxy) is 2. The highest BCUT2D eigenvalue weighted by Gasteiger charge is 2.15. The first-order valence-corrected chi connectivity index (χ1v) is 7.91. The second-order valence-electron chi connectivity index (χ2n) is 5.70. The minimum atomic E-state index is -0.175. The summed E-state index contributed by atoms with van der Waals surface area (Å²) in [4.78, 5) is 24.2. The molecule has 1 N–H and O–H groups in total. The molecule has 0 unspecified atom stereocenters. The topological polar surface area (TPSA) is 64.6 Å². The number of amides is 1. The third-order valence-electron chi connectivity index (χ3n) is 3.75. The van der Waals surface area contributed by atoms with Gasteiger partial charge >= 0.3 is 0 Å². The summed E-state index contributed by atoms with van der Waals surface area (Å²) < 4.78 is 10.9. The van der Waals surface area contributed by atoms with Crippen molar-refractivity contribution in [1.82, 2.24) is 0 Å². The van der Waals surface area contributed by atoms with Crippen molar-refractivity contribution in [3.63, 3.8) is 0 Å². The summed E-state index contributed by atoms with van der Waals surface area (Å²) in [6.45, 7) is 2.95. The Bertz CT molecular complexity index is 770. The zero-order valence-electron chi connectivity index (χ0n) is 13.5. The number of ketones is 1. The fourth-order valence-corrected chi connectivity index (χ4v) is 2.53.